The van der Waals surface area contributed by atoms with Crippen LogP contribution in [0.25, 0.3) is 0 Å². The first kappa shape index (κ1) is 28.9. The Morgan fingerprint density at radius 2 is 1.97 bits per heavy atom. The Morgan fingerprint density at radius 1 is 1.29 bits per heavy atom. The van der Waals surface area contributed by atoms with Gasteiger partial charge < -0.3 is 24.9 Å². The lowest BCUT2D eigenvalue weighted by molar-refractivity contribution is -0.137. The standard InChI is InChI=1S/C23H30F3N3O3.CH2O/c1-15(2)9-10-18-19(32-17-8-5-7-16(13-17)23(24,25)26)14-28-21(27-3)20(18)22(31)29(4)11-6-12-30;1-2/h5,7-8,13-15,30H,6,9-12H2,1-4H3,(H,27,28);1H2. The van der Waals surface area contributed by atoms with Crippen LogP contribution in [0.4, 0.5) is 19.0 Å². The first-order valence-electron chi connectivity index (χ1n) is 10.8. The molecule has 0 atom stereocenters. The number of nitrogens with zero attached hydrogens (tertiary/aromatic N) is 2. The van der Waals surface area contributed by atoms with E-state index in [1.165, 1.54) is 23.2 Å². The molecule has 0 radical (unpaired) electrons. The summed E-state index contributed by atoms with van der Waals surface area (Å²) in [5, 5.41) is 12.0. The topological polar surface area (TPSA) is 91.8 Å². The van der Waals surface area contributed by atoms with Crippen LogP contribution in [0.15, 0.2) is 30.5 Å². The first-order chi connectivity index (χ1) is 16.1. The fraction of sp³-hybridized carbons (Fsp3) is 0.458. The third-order valence-corrected chi connectivity index (χ3v) is 4.96. The zero-order chi connectivity index (χ0) is 25.9. The minimum Gasteiger partial charge on any atom is -0.455 e. The normalized spacial score (nSPS) is 11.0. The van der Waals surface area contributed by atoms with Crippen molar-refractivity contribution < 1.29 is 32.6 Å². The highest BCUT2D eigenvalue weighted by atomic mass is 19.4. The van der Waals surface area contributed by atoms with Gasteiger partial charge in [0.05, 0.1) is 17.3 Å². The number of ether oxygens (including phenoxy) is 1. The number of anilines is 1. The van der Waals surface area contributed by atoms with Crippen molar-refractivity contribution in [3.63, 3.8) is 0 Å². The number of pyridine rings is 1. The van der Waals surface area contributed by atoms with E-state index in [0.717, 1.165) is 18.6 Å². The summed E-state index contributed by atoms with van der Waals surface area (Å²) in [6, 6.07) is 4.60. The lowest BCUT2D eigenvalue weighted by atomic mass is 9.97. The zero-order valence-electron chi connectivity index (χ0n) is 19.9. The van der Waals surface area contributed by atoms with Crippen molar-refractivity contribution in [1.29, 1.82) is 0 Å². The molecule has 2 N–H and O–H groups in total. The molecule has 0 saturated heterocycles. The molecular formula is C24H32F3N3O4. The molecule has 0 bridgehead atoms. The Labute approximate surface area is 197 Å². The molecule has 1 aromatic heterocycles. The molecule has 1 heterocycles. The van der Waals surface area contributed by atoms with Gasteiger partial charge in [-0.1, -0.05) is 19.9 Å². The first-order valence-corrected chi connectivity index (χ1v) is 10.8. The molecule has 0 aliphatic heterocycles. The summed E-state index contributed by atoms with van der Waals surface area (Å²) in [6.45, 7) is 6.39. The number of aliphatic hydroxyl groups is 1. The fourth-order valence-corrected chi connectivity index (χ4v) is 3.18. The number of aliphatic hydroxyl groups excluding tert-OH is 1. The Morgan fingerprint density at radius 3 is 2.53 bits per heavy atom. The van der Waals surface area contributed by atoms with Gasteiger partial charge in [-0.3, -0.25) is 4.79 Å². The van der Waals surface area contributed by atoms with E-state index >= 15 is 0 Å². The number of rotatable bonds is 10. The smallest absolute Gasteiger partial charge is 0.416 e. The van der Waals surface area contributed by atoms with Gasteiger partial charge in [0.1, 0.15) is 24.1 Å². The van der Waals surface area contributed by atoms with E-state index in [4.69, 9.17) is 14.6 Å². The van der Waals surface area contributed by atoms with Crippen molar-refractivity contribution in [1.82, 2.24) is 9.88 Å². The van der Waals surface area contributed by atoms with E-state index < -0.39 is 11.7 Å². The third-order valence-electron chi connectivity index (χ3n) is 4.96. The number of aromatic nitrogens is 1. The van der Waals surface area contributed by atoms with Crippen LogP contribution in [-0.2, 0) is 17.4 Å². The number of benzene rings is 1. The lowest BCUT2D eigenvalue weighted by Crippen LogP contribution is -2.30. The summed E-state index contributed by atoms with van der Waals surface area (Å²) in [5.74, 6) is 0.641. The molecule has 0 aliphatic carbocycles. The number of alkyl halides is 3. The van der Waals surface area contributed by atoms with E-state index in [0.29, 0.717) is 42.2 Å². The van der Waals surface area contributed by atoms with E-state index in [1.54, 1.807) is 14.1 Å². The predicted octanol–water partition coefficient (Wildman–Crippen LogP) is 4.79. The summed E-state index contributed by atoms with van der Waals surface area (Å²) >= 11 is 0. The molecule has 0 fully saturated rings. The van der Waals surface area contributed by atoms with E-state index in [2.05, 4.69) is 10.3 Å². The van der Waals surface area contributed by atoms with Crippen LogP contribution in [0.2, 0.25) is 0 Å². The molecule has 2 rings (SSSR count). The maximum absolute atomic E-state index is 13.2. The van der Waals surface area contributed by atoms with Gasteiger partial charge in [0.25, 0.3) is 5.91 Å². The van der Waals surface area contributed by atoms with Crippen molar-refractivity contribution in [2.45, 2.75) is 39.3 Å². The number of nitrogens with one attached hydrogen (secondary N) is 1. The molecule has 34 heavy (non-hydrogen) atoms. The summed E-state index contributed by atoms with van der Waals surface area (Å²) in [6.07, 6.45) is -1.42. The third kappa shape index (κ3) is 8.02. The molecule has 0 unspecified atom stereocenters. The molecule has 10 heteroatoms. The summed E-state index contributed by atoms with van der Waals surface area (Å²) in [7, 11) is 3.27. The number of amides is 1. The second-order valence-electron chi connectivity index (χ2n) is 7.94. The average molecular weight is 484 g/mol. The highest BCUT2D eigenvalue weighted by molar-refractivity contribution is 6.00. The largest absolute Gasteiger partial charge is 0.455 e. The minimum absolute atomic E-state index is 0.0108. The SMILES string of the molecule is C=O.CNc1ncc(Oc2cccc(C(F)(F)F)c2)c(CCC(C)C)c1C(=O)N(C)CCCO. The summed E-state index contributed by atoms with van der Waals surface area (Å²) < 4.78 is 45.2. The van der Waals surface area contributed by atoms with Crippen LogP contribution in [0, 0.1) is 5.92 Å². The zero-order valence-corrected chi connectivity index (χ0v) is 19.9. The highest BCUT2D eigenvalue weighted by Crippen LogP contribution is 2.36. The predicted molar refractivity (Wildman–Crippen MR) is 124 cm³/mol. The van der Waals surface area contributed by atoms with Gasteiger partial charge in [0.15, 0.2) is 0 Å². The molecular weight excluding hydrogens is 451 g/mol. The molecule has 0 spiro atoms. The van der Waals surface area contributed by atoms with Crippen LogP contribution in [0.1, 0.15) is 48.2 Å². The van der Waals surface area contributed by atoms with Crippen LogP contribution in [-0.4, -0.2) is 54.9 Å². The van der Waals surface area contributed by atoms with Gasteiger partial charge in [0, 0.05) is 32.8 Å². The molecule has 7 nitrogen and oxygen atoms in total. The van der Waals surface area contributed by atoms with Gasteiger partial charge in [-0.05, 0) is 43.4 Å². The molecule has 188 valence electrons. The second-order valence-corrected chi connectivity index (χ2v) is 7.94. The fourth-order valence-electron chi connectivity index (χ4n) is 3.18. The van der Waals surface area contributed by atoms with Crippen LogP contribution >= 0.6 is 0 Å². The van der Waals surface area contributed by atoms with Gasteiger partial charge in [0.2, 0.25) is 0 Å². The summed E-state index contributed by atoms with van der Waals surface area (Å²) in [4.78, 5) is 27.0. The van der Waals surface area contributed by atoms with Gasteiger partial charge in [-0.2, -0.15) is 13.2 Å². The second kappa shape index (κ2) is 13.5. The Kier molecular flexibility index (Phi) is 11.5. The average Bonchev–Trinajstić information content (AvgIpc) is 2.81. The molecule has 1 aromatic carbocycles. The lowest BCUT2D eigenvalue weighted by Gasteiger charge is -2.23. The molecule has 0 aliphatic rings. The van der Waals surface area contributed by atoms with Gasteiger partial charge >= 0.3 is 6.18 Å². The summed E-state index contributed by atoms with van der Waals surface area (Å²) in [5.41, 5.74) is 0.0768. The quantitative estimate of drug-likeness (QED) is 0.505. The van der Waals surface area contributed by atoms with Crippen LogP contribution < -0.4 is 10.1 Å². The van der Waals surface area contributed by atoms with E-state index in [9.17, 15) is 18.0 Å². The van der Waals surface area contributed by atoms with Crippen molar-refractivity contribution in [3.8, 4) is 11.5 Å². The number of carbonyl (C=O) groups excluding carboxylic acids is 2. The highest BCUT2D eigenvalue weighted by Gasteiger charge is 2.31. The molecule has 2 aromatic rings. The number of hydrogen-bond acceptors (Lipinski definition) is 6. The van der Waals surface area contributed by atoms with E-state index in [-0.39, 0.29) is 24.0 Å². The minimum atomic E-state index is -4.50. The number of carbonyl (C=O) groups is 2. The Bertz CT molecular complexity index is 936. The van der Waals surface area contributed by atoms with Gasteiger partial charge in [-0.25, -0.2) is 4.98 Å². The Balaban J connectivity index is 0.00000281. The maximum Gasteiger partial charge on any atom is 0.416 e. The monoisotopic (exact) mass is 483 g/mol. The van der Waals surface area contributed by atoms with Crippen molar-refractivity contribution >= 4 is 18.5 Å². The van der Waals surface area contributed by atoms with Crippen LogP contribution in [0.3, 0.4) is 0 Å². The number of hydrogen-bond donors (Lipinski definition) is 2. The maximum atomic E-state index is 13.2. The van der Waals surface area contributed by atoms with Crippen LogP contribution in [0.5, 0.6) is 11.5 Å². The Hall–Kier alpha value is -3.14. The van der Waals surface area contributed by atoms with Crippen molar-refractivity contribution in [2.24, 2.45) is 5.92 Å². The van der Waals surface area contributed by atoms with Gasteiger partial charge in [-0.15, -0.1) is 0 Å². The number of halogens is 3. The van der Waals surface area contributed by atoms with Crippen molar-refractivity contribution in [3.05, 3.63) is 47.2 Å². The van der Waals surface area contributed by atoms with E-state index in [1.807, 2.05) is 20.6 Å². The molecule has 0 saturated carbocycles. The molecule has 1 amide bonds. The van der Waals surface area contributed by atoms with Crippen molar-refractivity contribution in [2.75, 3.05) is 32.6 Å².